The third-order valence-corrected chi connectivity index (χ3v) is 3.85. The Labute approximate surface area is 140 Å². The molecule has 5 heteroatoms. The Hall–Kier alpha value is -0.970. The third kappa shape index (κ3) is 12.7. The van der Waals surface area contributed by atoms with Gasteiger partial charge in [-0.05, 0) is 25.7 Å². The Bertz CT molecular complexity index is 332. The minimum atomic E-state index is -1.03. The summed E-state index contributed by atoms with van der Waals surface area (Å²) in [6.07, 6.45) is 15.2. The van der Waals surface area contributed by atoms with Crippen molar-refractivity contribution in [1.82, 2.24) is 5.32 Å². The topological polar surface area (TPSA) is 66.4 Å². The lowest BCUT2D eigenvalue weighted by molar-refractivity contribution is -0.141. The van der Waals surface area contributed by atoms with Crippen LogP contribution in [0.15, 0.2) is 12.2 Å². The Balaban J connectivity index is 3.44. The van der Waals surface area contributed by atoms with Gasteiger partial charge in [-0.2, -0.15) is 12.6 Å². The Morgan fingerprint density at radius 1 is 1.05 bits per heavy atom. The minimum absolute atomic E-state index is 0.118. The fourth-order valence-corrected chi connectivity index (χ4v) is 2.34. The van der Waals surface area contributed by atoms with E-state index in [2.05, 4.69) is 37.0 Å². The molecule has 0 aromatic heterocycles. The summed E-state index contributed by atoms with van der Waals surface area (Å²) < 4.78 is 0. The second kappa shape index (κ2) is 14.9. The van der Waals surface area contributed by atoms with Crippen LogP contribution in [0.4, 0.5) is 0 Å². The third-order valence-electron chi connectivity index (χ3n) is 3.48. The van der Waals surface area contributed by atoms with Crippen LogP contribution in [0.1, 0.15) is 71.1 Å². The van der Waals surface area contributed by atoms with E-state index in [9.17, 15) is 9.59 Å². The molecule has 2 N–H and O–H groups in total. The van der Waals surface area contributed by atoms with E-state index in [1.807, 2.05) is 0 Å². The molecule has 1 amide bonds. The standard InChI is InChI=1S/C17H31NO3S/c1-2-3-4-5-6-7-8-9-10-11-12-13-16(19)18-15(14-22)17(20)21/h5-6,15,22H,2-4,7-14H2,1H3,(H,18,19)(H,20,21)/b6-5-/t15-/m0/s1. The van der Waals surface area contributed by atoms with Gasteiger partial charge in [-0.3, -0.25) is 4.79 Å². The van der Waals surface area contributed by atoms with Crippen LogP contribution >= 0.6 is 12.6 Å². The molecule has 0 aliphatic heterocycles. The van der Waals surface area contributed by atoms with Crippen LogP contribution in [0.25, 0.3) is 0 Å². The number of thiol groups is 1. The number of hydrogen-bond donors (Lipinski definition) is 3. The zero-order chi connectivity index (χ0) is 16.6. The second-order valence-corrected chi connectivity index (χ2v) is 5.93. The fraction of sp³-hybridized carbons (Fsp3) is 0.765. The highest BCUT2D eigenvalue weighted by Gasteiger charge is 2.17. The van der Waals surface area contributed by atoms with Crippen molar-refractivity contribution < 1.29 is 14.7 Å². The van der Waals surface area contributed by atoms with Gasteiger partial charge in [0.1, 0.15) is 6.04 Å². The summed E-state index contributed by atoms with van der Waals surface area (Å²) in [4.78, 5) is 22.3. The molecule has 0 aromatic carbocycles. The molecule has 128 valence electrons. The number of hydrogen-bond acceptors (Lipinski definition) is 3. The van der Waals surface area contributed by atoms with Crippen molar-refractivity contribution in [3.63, 3.8) is 0 Å². The maximum Gasteiger partial charge on any atom is 0.327 e. The number of unbranched alkanes of at least 4 members (excludes halogenated alkanes) is 7. The van der Waals surface area contributed by atoms with Crippen LogP contribution in [0.5, 0.6) is 0 Å². The SMILES string of the molecule is CCCC/C=C\CCCCCCCC(=O)N[C@@H](CS)C(=O)O. The molecule has 1 atom stereocenters. The van der Waals surface area contributed by atoms with Crippen molar-refractivity contribution in [2.75, 3.05) is 5.75 Å². The zero-order valence-electron chi connectivity index (χ0n) is 13.7. The van der Waals surface area contributed by atoms with Crippen molar-refractivity contribution in [2.24, 2.45) is 0 Å². The Kier molecular flexibility index (Phi) is 14.3. The summed E-state index contributed by atoms with van der Waals surface area (Å²) in [5.41, 5.74) is 0. The van der Waals surface area contributed by atoms with Gasteiger partial charge in [0.25, 0.3) is 0 Å². The maximum atomic E-state index is 11.6. The van der Waals surface area contributed by atoms with Gasteiger partial charge in [-0.25, -0.2) is 4.79 Å². The molecule has 0 bridgehead atoms. The first kappa shape index (κ1) is 21.0. The number of carbonyl (C=O) groups excluding carboxylic acids is 1. The van der Waals surface area contributed by atoms with Gasteiger partial charge >= 0.3 is 5.97 Å². The highest BCUT2D eigenvalue weighted by molar-refractivity contribution is 7.80. The van der Waals surface area contributed by atoms with Crippen molar-refractivity contribution >= 4 is 24.5 Å². The van der Waals surface area contributed by atoms with Crippen molar-refractivity contribution in [2.45, 2.75) is 77.2 Å². The largest absolute Gasteiger partial charge is 0.480 e. The van der Waals surface area contributed by atoms with Gasteiger partial charge in [-0.1, -0.05) is 51.2 Å². The van der Waals surface area contributed by atoms with Gasteiger partial charge in [0.15, 0.2) is 0 Å². The minimum Gasteiger partial charge on any atom is -0.480 e. The van der Waals surface area contributed by atoms with Crippen LogP contribution in [0, 0.1) is 0 Å². The Morgan fingerprint density at radius 3 is 2.23 bits per heavy atom. The summed E-state index contributed by atoms with van der Waals surface area (Å²) >= 11 is 3.91. The predicted molar refractivity (Wildman–Crippen MR) is 94.4 cm³/mol. The van der Waals surface area contributed by atoms with Crippen molar-refractivity contribution in [1.29, 1.82) is 0 Å². The number of aliphatic carboxylic acids is 1. The lowest BCUT2D eigenvalue weighted by Gasteiger charge is -2.11. The maximum absolute atomic E-state index is 11.6. The molecule has 0 aliphatic carbocycles. The average molecular weight is 330 g/mol. The monoisotopic (exact) mass is 329 g/mol. The van der Waals surface area contributed by atoms with Crippen molar-refractivity contribution in [3.05, 3.63) is 12.2 Å². The molecule has 0 heterocycles. The summed E-state index contributed by atoms with van der Waals surface area (Å²) in [6.45, 7) is 2.20. The number of carboxylic acid groups (broad SMARTS) is 1. The van der Waals surface area contributed by atoms with E-state index in [0.717, 1.165) is 25.7 Å². The van der Waals surface area contributed by atoms with Gasteiger partial charge in [0.05, 0.1) is 0 Å². The molecule has 0 fully saturated rings. The van der Waals surface area contributed by atoms with E-state index >= 15 is 0 Å². The van der Waals surface area contributed by atoms with Crippen LogP contribution in [0.3, 0.4) is 0 Å². The van der Waals surface area contributed by atoms with Gasteiger partial charge in [0.2, 0.25) is 5.91 Å². The zero-order valence-corrected chi connectivity index (χ0v) is 14.6. The fourth-order valence-electron chi connectivity index (χ4n) is 2.09. The van der Waals surface area contributed by atoms with Crippen LogP contribution in [0.2, 0.25) is 0 Å². The number of rotatable bonds is 14. The Morgan fingerprint density at radius 2 is 1.64 bits per heavy atom. The lowest BCUT2D eigenvalue weighted by Crippen LogP contribution is -2.42. The number of carboxylic acids is 1. The number of allylic oxidation sites excluding steroid dienone is 2. The van der Waals surface area contributed by atoms with E-state index in [0.29, 0.717) is 6.42 Å². The van der Waals surface area contributed by atoms with Crippen LogP contribution in [-0.4, -0.2) is 28.8 Å². The van der Waals surface area contributed by atoms with E-state index < -0.39 is 12.0 Å². The molecule has 0 aliphatic rings. The van der Waals surface area contributed by atoms with E-state index in [-0.39, 0.29) is 11.7 Å². The molecule has 0 saturated heterocycles. The second-order valence-electron chi connectivity index (χ2n) is 5.56. The number of amides is 1. The first-order valence-electron chi connectivity index (χ1n) is 8.39. The predicted octanol–water partition coefficient (Wildman–Crippen LogP) is 3.96. The highest BCUT2D eigenvalue weighted by atomic mass is 32.1. The van der Waals surface area contributed by atoms with E-state index in [4.69, 9.17) is 5.11 Å². The summed E-state index contributed by atoms with van der Waals surface area (Å²) in [5.74, 6) is -1.11. The quantitative estimate of drug-likeness (QED) is 0.257. The molecule has 22 heavy (non-hydrogen) atoms. The lowest BCUT2D eigenvalue weighted by atomic mass is 10.1. The molecule has 0 rings (SSSR count). The molecule has 4 nitrogen and oxygen atoms in total. The smallest absolute Gasteiger partial charge is 0.327 e. The molecular weight excluding hydrogens is 298 g/mol. The molecule has 0 saturated carbocycles. The summed E-state index contributed by atoms with van der Waals surface area (Å²) in [6, 6.07) is -0.879. The summed E-state index contributed by atoms with van der Waals surface area (Å²) in [5, 5.41) is 11.3. The van der Waals surface area contributed by atoms with Crippen LogP contribution in [-0.2, 0) is 9.59 Å². The van der Waals surface area contributed by atoms with E-state index in [1.54, 1.807) is 0 Å². The van der Waals surface area contributed by atoms with Gasteiger partial charge in [-0.15, -0.1) is 0 Å². The number of nitrogens with one attached hydrogen (secondary N) is 1. The number of carbonyl (C=O) groups is 2. The van der Waals surface area contributed by atoms with Gasteiger partial charge < -0.3 is 10.4 Å². The van der Waals surface area contributed by atoms with Crippen LogP contribution < -0.4 is 5.32 Å². The van der Waals surface area contributed by atoms with Gasteiger partial charge in [0, 0.05) is 12.2 Å². The molecular formula is C17H31NO3S. The van der Waals surface area contributed by atoms with E-state index in [1.165, 1.54) is 32.1 Å². The summed E-state index contributed by atoms with van der Waals surface area (Å²) in [7, 11) is 0. The van der Waals surface area contributed by atoms with Crippen molar-refractivity contribution in [3.8, 4) is 0 Å². The molecule has 0 radical (unpaired) electrons. The molecule has 0 spiro atoms. The molecule has 0 aromatic rings. The average Bonchev–Trinajstić information content (AvgIpc) is 2.50. The first-order chi connectivity index (χ1) is 10.6. The highest BCUT2D eigenvalue weighted by Crippen LogP contribution is 2.08. The first-order valence-corrected chi connectivity index (χ1v) is 9.03. The normalized spacial score (nSPS) is 12.5. The molecule has 0 unspecified atom stereocenters.